The third kappa shape index (κ3) is 14.2. The Balaban J connectivity index is 1.20. The van der Waals surface area contributed by atoms with Crippen molar-refractivity contribution in [1.82, 2.24) is 31.5 Å². The number of rotatable bonds is 22. The van der Waals surface area contributed by atoms with Crippen LogP contribution in [0, 0.1) is 5.92 Å². The van der Waals surface area contributed by atoms with E-state index in [0.29, 0.717) is 25.7 Å². The molecular formula is C50H64N8O7S. The number of amides is 7. The second-order valence-corrected chi connectivity index (χ2v) is 18.7. The number of carbonyl (C=O) groups excluding carboxylic acids is 7. The Bertz CT molecular complexity index is 2250. The fourth-order valence-corrected chi connectivity index (χ4v) is 10.2. The summed E-state index contributed by atoms with van der Waals surface area (Å²) in [6.45, 7) is 1.92. The van der Waals surface area contributed by atoms with Crippen LogP contribution in [0.4, 0.5) is 0 Å². The van der Waals surface area contributed by atoms with E-state index < -0.39 is 71.7 Å². The number of primary amides is 1. The molecule has 2 fully saturated rings. The minimum atomic E-state index is -1.13. The molecule has 0 unspecified atom stereocenters. The van der Waals surface area contributed by atoms with E-state index in [4.69, 9.17) is 11.5 Å². The fourth-order valence-electron chi connectivity index (χ4n) is 9.12. The van der Waals surface area contributed by atoms with Gasteiger partial charge in [0.25, 0.3) is 0 Å². The van der Waals surface area contributed by atoms with E-state index in [1.807, 2.05) is 91.0 Å². The van der Waals surface area contributed by atoms with Crippen LogP contribution in [0.3, 0.4) is 0 Å². The number of carbonyl (C=O) groups is 7. The number of fused-ring (bicyclic) bond motifs is 1. The third-order valence-electron chi connectivity index (χ3n) is 12.5. The van der Waals surface area contributed by atoms with Crippen LogP contribution in [-0.4, -0.2) is 89.5 Å². The highest BCUT2D eigenvalue weighted by molar-refractivity contribution is 7.19. The molecule has 1 saturated carbocycles. The van der Waals surface area contributed by atoms with Gasteiger partial charge in [-0.1, -0.05) is 111 Å². The van der Waals surface area contributed by atoms with Gasteiger partial charge in [0.15, 0.2) is 0 Å². The van der Waals surface area contributed by atoms with Crippen LogP contribution in [-0.2, 0) is 46.4 Å². The van der Waals surface area contributed by atoms with Gasteiger partial charge >= 0.3 is 0 Å². The molecule has 3 aromatic carbocycles. The largest absolute Gasteiger partial charge is 0.368 e. The molecule has 9 N–H and O–H groups in total. The Morgan fingerprint density at radius 2 is 1.38 bits per heavy atom. The molecule has 2 heterocycles. The Morgan fingerprint density at radius 1 is 0.712 bits per heavy atom. The van der Waals surface area contributed by atoms with Crippen molar-refractivity contribution in [2.24, 2.45) is 17.4 Å². The Kier molecular flexibility index (Phi) is 18.2. The summed E-state index contributed by atoms with van der Waals surface area (Å²) in [7, 11) is 0. The number of thiophene rings is 1. The zero-order valence-electron chi connectivity index (χ0n) is 37.7. The first kappa shape index (κ1) is 49.3. The van der Waals surface area contributed by atoms with Crippen molar-refractivity contribution in [3.8, 4) is 0 Å². The van der Waals surface area contributed by atoms with Gasteiger partial charge in [-0.2, -0.15) is 0 Å². The summed E-state index contributed by atoms with van der Waals surface area (Å²) in [5.74, 6) is -3.41. The van der Waals surface area contributed by atoms with Gasteiger partial charge in [-0.25, -0.2) is 0 Å². The molecule has 15 nitrogen and oxygen atoms in total. The number of hydrogen-bond donors (Lipinski definition) is 7. The first-order valence-electron chi connectivity index (χ1n) is 23.2. The summed E-state index contributed by atoms with van der Waals surface area (Å²) in [6, 6.07) is 22.3. The fraction of sp³-hybridized carbons (Fsp3) is 0.460. The molecule has 6 rings (SSSR count). The zero-order valence-corrected chi connectivity index (χ0v) is 38.5. The van der Waals surface area contributed by atoms with Gasteiger partial charge in [0.2, 0.25) is 41.4 Å². The predicted octanol–water partition coefficient (Wildman–Crippen LogP) is 4.08. The van der Waals surface area contributed by atoms with Crippen molar-refractivity contribution in [1.29, 1.82) is 0 Å². The summed E-state index contributed by atoms with van der Waals surface area (Å²) in [4.78, 5) is 98.3. The molecular weight excluding hydrogens is 857 g/mol. The Labute approximate surface area is 390 Å². The van der Waals surface area contributed by atoms with Gasteiger partial charge < -0.3 is 43.0 Å². The number of nitrogens with zero attached hydrogens (tertiary/aromatic N) is 1. The van der Waals surface area contributed by atoms with E-state index in [0.717, 1.165) is 58.2 Å². The van der Waals surface area contributed by atoms with Gasteiger partial charge in [-0.05, 0) is 73.2 Å². The van der Waals surface area contributed by atoms with E-state index in [2.05, 4.69) is 26.6 Å². The topological polar surface area (TPSA) is 235 Å². The third-order valence-corrected chi connectivity index (χ3v) is 13.7. The highest BCUT2D eigenvalue weighted by Crippen LogP contribution is 2.29. The standard InChI is InChI=1S/C50H64N8O7S/c1-32(59)53-39(35-19-9-4-10-20-35)31-45(60)54-38(22-13-25-51)50(65)58-26-14-23-43(58)49(64)57-41(28-34-17-7-3-8-18-34)47(62)56-42(30-37-29-36-21-11-12-24-44(36)66-37)48(63)55-40(46(52)61)27-33-15-5-2-6-16-33/h2,4-6,9-12,15-16,19-21,24,29,34,38-43H,3,7-8,13-14,17-18,22-23,25-28,30-31,51H2,1H3,(H2,52,61)(H,53,59)(H,54,60)(H,55,63)(H,56,62)(H,57,64)/t38-,39-,40-,41+,42-,43-/m0/s1. The summed E-state index contributed by atoms with van der Waals surface area (Å²) in [5, 5.41) is 15.5. The molecule has 2 aliphatic rings. The van der Waals surface area contributed by atoms with Crippen molar-refractivity contribution >= 4 is 62.8 Å². The first-order valence-corrected chi connectivity index (χ1v) is 24.0. The average Bonchev–Trinajstić information content (AvgIpc) is 3.98. The van der Waals surface area contributed by atoms with Crippen molar-refractivity contribution in [3.05, 3.63) is 107 Å². The molecule has 6 atom stereocenters. The van der Waals surface area contributed by atoms with Crippen molar-refractivity contribution in [2.45, 2.75) is 127 Å². The lowest BCUT2D eigenvalue weighted by Gasteiger charge is -2.32. The van der Waals surface area contributed by atoms with Crippen LogP contribution in [0.15, 0.2) is 91.0 Å². The number of hydrogen-bond acceptors (Lipinski definition) is 9. The highest BCUT2D eigenvalue weighted by Gasteiger charge is 2.40. The monoisotopic (exact) mass is 920 g/mol. The highest BCUT2D eigenvalue weighted by atomic mass is 32.1. The maximum Gasteiger partial charge on any atom is 0.245 e. The molecule has 352 valence electrons. The van der Waals surface area contributed by atoms with Crippen LogP contribution < -0.4 is 38.1 Å². The molecule has 66 heavy (non-hydrogen) atoms. The van der Waals surface area contributed by atoms with Gasteiger partial charge in [0.1, 0.15) is 30.2 Å². The summed E-state index contributed by atoms with van der Waals surface area (Å²) >= 11 is 1.50. The molecule has 0 bridgehead atoms. The second kappa shape index (κ2) is 24.4. The van der Waals surface area contributed by atoms with Crippen LogP contribution >= 0.6 is 11.3 Å². The van der Waals surface area contributed by atoms with Gasteiger partial charge in [-0.3, -0.25) is 33.6 Å². The second-order valence-electron chi connectivity index (χ2n) is 17.6. The van der Waals surface area contributed by atoms with E-state index in [-0.39, 0.29) is 50.6 Å². The molecule has 16 heteroatoms. The van der Waals surface area contributed by atoms with Crippen LogP contribution in [0.25, 0.3) is 10.1 Å². The van der Waals surface area contributed by atoms with Crippen LogP contribution in [0.1, 0.15) is 99.6 Å². The molecule has 0 radical (unpaired) electrons. The van der Waals surface area contributed by atoms with E-state index >= 15 is 0 Å². The number of nitrogens with two attached hydrogens (primary N) is 2. The summed E-state index contributed by atoms with van der Waals surface area (Å²) < 4.78 is 1.02. The predicted molar refractivity (Wildman–Crippen MR) is 254 cm³/mol. The molecule has 7 amide bonds. The SMILES string of the molecule is CC(=O)N[C@@H](CC(=O)N[C@@H](CCCN)C(=O)N1CCC[C@H]1C(=O)N[C@H](CC1CCCCC1)C(=O)N[C@@H](Cc1cc2ccccc2s1)C(=O)N[C@@H](Cc1ccccc1)C(N)=O)c1ccccc1. The maximum absolute atomic E-state index is 14.6. The van der Waals surface area contributed by atoms with E-state index in [1.165, 1.54) is 23.2 Å². The maximum atomic E-state index is 14.6. The number of benzene rings is 3. The summed E-state index contributed by atoms with van der Waals surface area (Å²) in [6.07, 6.45) is 6.89. The molecule has 4 aromatic rings. The number of nitrogens with one attached hydrogen (secondary N) is 5. The lowest BCUT2D eigenvalue weighted by atomic mass is 9.84. The molecule has 1 aliphatic carbocycles. The first-order chi connectivity index (χ1) is 31.9. The van der Waals surface area contributed by atoms with Gasteiger partial charge in [-0.15, -0.1) is 11.3 Å². The molecule has 1 aromatic heterocycles. The quantitative estimate of drug-likeness (QED) is 0.0606. The van der Waals surface area contributed by atoms with Crippen LogP contribution in [0.2, 0.25) is 0 Å². The van der Waals surface area contributed by atoms with Crippen LogP contribution in [0.5, 0.6) is 0 Å². The lowest BCUT2D eigenvalue weighted by Crippen LogP contribution is -2.59. The average molecular weight is 921 g/mol. The van der Waals surface area contributed by atoms with Gasteiger partial charge in [0.05, 0.1) is 12.5 Å². The van der Waals surface area contributed by atoms with Crippen molar-refractivity contribution in [3.63, 3.8) is 0 Å². The van der Waals surface area contributed by atoms with E-state index in [9.17, 15) is 33.6 Å². The minimum absolute atomic E-state index is 0.115. The number of likely N-dealkylation sites (tertiary alicyclic amines) is 1. The smallest absolute Gasteiger partial charge is 0.245 e. The Hall–Kier alpha value is -6.13. The molecule has 1 aliphatic heterocycles. The van der Waals surface area contributed by atoms with Crippen molar-refractivity contribution < 1.29 is 33.6 Å². The lowest BCUT2D eigenvalue weighted by molar-refractivity contribution is -0.142. The van der Waals surface area contributed by atoms with Crippen molar-refractivity contribution in [2.75, 3.05) is 13.1 Å². The Morgan fingerprint density at radius 3 is 2.06 bits per heavy atom. The van der Waals surface area contributed by atoms with Gasteiger partial charge in [0, 0.05) is 35.9 Å². The minimum Gasteiger partial charge on any atom is -0.368 e. The van der Waals surface area contributed by atoms with E-state index in [1.54, 1.807) is 0 Å². The normalized spacial score (nSPS) is 17.4. The molecule has 1 saturated heterocycles. The summed E-state index contributed by atoms with van der Waals surface area (Å²) in [5.41, 5.74) is 13.2. The zero-order chi connectivity index (χ0) is 47.0. The molecule has 0 spiro atoms.